The molecule has 0 amide bonds. The van der Waals surface area contributed by atoms with Gasteiger partial charge in [-0.3, -0.25) is 0 Å². The standard InChI is InChI=1S/C11H15BrFNO2S/c12-7-2-1-3-8-14-17(15,16)11-6-4-5-10(13)9-11/h4-6,9,14H,1-3,7-8H2. The van der Waals surface area contributed by atoms with Crippen LogP contribution in [0.4, 0.5) is 4.39 Å². The molecule has 0 saturated carbocycles. The minimum Gasteiger partial charge on any atom is -0.211 e. The van der Waals surface area contributed by atoms with E-state index >= 15 is 0 Å². The smallest absolute Gasteiger partial charge is 0.211 e. The maximum absolute atomic E-state index is 12.9. The average molecular weight is 324 g/mol. The molecule has 1 N–H and O–H groups in total. The van der Waals surface area contributed by atoms with Gasteiger partial charge in [0, 0.05) is 11.9 Å². The first kappa shape index (κ1) is 14.6. The van der Waals surface area contributed by atoms with Gasteiger partial charge in [0.2, 0.25) is 10.0 Å². The third-order valence-corrected chi connectivity index (χ3v) is 4.23. The lowest BCUT2D eigenvalue weighted by atomic mass is 10.3. The summed E-state index contributed by atoms with van der Waals surface area (Å²) in [4.78, 5) is -0.0296. The van der Waals surface area contributed by atoms with Crippen molar-refractivity contribution in [2.24, 2.45) is 0 Å². The average Bonchev–Trinajstić information content (AvgIpc) is 2.29. The van der Waals surface area contributed by atoms with Crippen LogP contribution in [0.25, 0.3) is 0 Å². The predicted molar refractivity (Wildman–Crippen MR) is 69.2 cm³/mol. The highest BCUT2D eigenvalue weighted by molar-refractivity contribution is 9.09. The van der Waals surface area contributed by atoms with E-state index in [1.807, 2.05) is 0 Å². The molecule has 0 heterocycles. The molecule has 1 aromatic rings. The Kier molecular flexibility index (Phi) is 6.08. The SMILES string of the molecule is O=S(=O)(NCCCCCBr)c1cccc(F)c1. The van der Waals surface area contributed by atoms with Gasteiger partial charge in [-0.2, -0.15) is 0 Å². The van der Waals surface area contributed by atoms with E-state index in [2.05, 4.69) is 20.7 Å². The minimum atomic E-state index is -3.57. The van der Waals surface area contributed by atoms with E-state index in [4.69, 9.17) is 0 Å². The third-order valence-electron chi connectivity index (χ3n) is 2.21. The molecule has 0 bridgehead atoms. The number of unbranched alkanes of at least 4 members (excludes halogenated alkanes) is 2. The number of nitrogens with one attached hydrogen (secondary N) is 1. The van der Waals surface area contributed by atoms with Crippen molar-refractivity contribution in [3.63, 3.8) is 0 Å². The molecule has 0 aromatic heterocycles. The van der Waals surface area contributed by atoms with Crippen LogP contribution in [0.15, 0.2) is 29.2 Å². The van der Waals surface area contributed by atoms with Crippen molar-refractivity contribution < 1.29 is 12.8 Å². The molecule has 1 rings (SSSR count). The molecule has 6 heteroatoms. The maximum Gasteiger partial charge on any atom is 0.240 e. The molecule has 3 nitrogen and oxygen atoms in total. The highest BCUT2D eigenvalue weighted by atomic mass is 79.9. The predicted octanol–water partition coefficient (Wildman–Crippen LogP) is 2.67. The monoisotopic (exact) mass is 323 g/mol. The Balaban J connectivity index is 2.51. The zero-order chi connectivity index (χ0) is 12.7. The lowest BCUT2D eigenvalue weighted by Crippen LogP contribution is -2.24. The van der Waals surface area contributed by atoms with Crippen LogP contribution >= 0.6 is 15.9 Å². The number of hydrogen-bond donors (Lipinski definition) is 1. The van der Waals surface area contributed by atoms with Gasteiger partial charge in [0.05, 0.1) is 4.90 Å². The van der Waals surface area contributed by atoms with Crippen LogP contribution < -0.4 is 4.72 Å². The van der Waals surface area contributed by atoms with Crippen molar-refractivity contribution in [2.45, 2.75) is 24.2 Å². The first-order chi connectivity index (χ1) is 8.06. The number of alkyl halides is 1. The van der Waals surface area contributed by atoms with Crippen LogP contribution in [0.3, 0.4) is 0 Å². The summed E-state index contributed by atoms with van der Waals surface area (Å²) in [6, 6.07) is 4.99. The summed E-state index contributed by atoms with van der Waals surface area (Å²) in [5.41, 5.74) is 0. The summed E-state index contributed by atoms with van der Waals surface area (Å²) in [5.74, 6) is -0.549. The van der Waals surface area contributed by atoms with Crippen molar-refractivity contribution in [3.05, 3.63) is 30.1 Å². The molecule has 17 heavy (non-hydrogen) atoms. The van der Waals surface area contributed by atoms with Crippen LogP contribution in [0.5, 0.6) is 0 Å². The molecule has 1 aromatic carbocycles. The summed E-state index contributed by atoms with van der Waals surface area (Å²) in [7, 11) is -3.57. The Bertz CT molecular complexity index is 451. The first-order valence-electron chi connectivity index (χ1n) is 5.37. The number of benzene rings is 1. The molecule has 0 unspecified atom stereocenters. The molecule has 0 aliphatic carbocycles. The van der Waals surface area contributed by atoms with Crippen molar-refractivity contribution in [2.75, 3.05) is 11.9 Å². The first-order valence-corrected chi connectivity index (χ1v) is 7.98. The molecule has 0 spiro atoms. The zero-order valence-electron chi connectivity index (χ0n) is 9.33. The van der Waals surface area contributed by atoms with Gasteiger partial charge in [0.25, 0.3) is 0 Å². The number of hydrogen-bond acceptors (Lipinski definition) is 2. The number of halogens is 2. The van der Waals surface area contributed by atoms with Gasteiger partial charge in [-0.1, -0.05) is 28.4 Å². The maximum atomic E-state index is 12.9. The summed E-state index contributed by atoms with van der Waals surface area (Å²) < 4.78 is 38.8. The second-order valence-corrected chi connectivity index (χ2v) is 6.16. The van der Waals surface area contributed by atoms with Crippen molar-refractivity contribution in [1.82, 2.24) is 4.72 Å². The van der Waals surface area contributed by atoms with E-state index in [0.29, 0.717) is 6.54 Å². The fraction of sp³-hybridized carbons (Fsp3) is 0.455. The molecule has 0 aliphatic heterocycles. The van der Waals surface area contributed by atoms with Crippen LogP contribution in [0.2, 0.25) is 0 Å². The quantitative estimate of drug-likeness (QED) is 0.619. The topological polar surface area (TPSA) is 46.2 Å². The van der Waals surface area contributed by atoms with Gasteiger partial charge in [-0.15, -0.1) is 0 Å². The Hall–Kier alpha value is -0.460. The Morgan fingerprint density at radius 3 is 2.65 bits per heavy atom. The minimum absolute atomic E-state index is 0.0296. The lowest BCUT2D eigenvalue weighted by molar-refractivity contribution is 0.573. The lowest BCUT2D eigenvalue weighted by Gasteiger charge is -2.06. The summed E-state index contributed by atoms with van der Waals surface area (Å²) >= 11 is 3.31. The molecule has 0 aliphatic rings. The van der Waals surface area contributed by atoms with E-state index in [0.717, 1.165) is 30.7 Å². The van der Waals surface area contributed by atoms with E-state index < -0.39 is 15.8 Å². The van der Waals surface area contributed by atoms with Crippen LogP contribution in [0, 0.1) is 5.82 Å². The van der Waals surface area contributed by atoms with Gasteiger partial charge in [0.1, 0.15) is 5.82 Å². The van der Waals surface area contributed by atoms with Crippen molar-refractivity contribution in [3.8, 4) is 0 Å². The third kappa shape index (κ3) is 5.14. The number of sulfonamides is 1. The number of rotatable bonds is 7. The van der Waals surface area contributed by atoms with E-state index in [-0.39, 0.29) is 4.90 Å². The fourth-order valence-corrected chi connectivity index (χ4v) is 2.82. The second kappa shape index (κ2) is 7.08. The molecule has 0 fully saturated rings. The highest BCUT2D eigenvalue weighted by Crippen LogP contribution is 2.10. The van der Waals surface area contributed by atoms with Crippen molar-refractivity contribution >= 4 is 26.0 Å². The van der Waals surface area contributed by atoms with Gasteiger partial charge >= 0.3 is 0 Å². The highest BCUT2D eigenvalue weighted by Gasteiger charge is 2.13. The van der Waals surface area contributed by atoms with Crippen LogP contribution in [0.1, 0.15) is 19.3 Å². The van der Waals surface area contributed by atoms with Crippen LogP contribution in [-0.4, -0.2) is 20.3 Å². The molecule has 0 radical (unpaired) electrons. The van der Waals surface area contributed by atoms with Crippen molar-refractivity contribution in [1.29, 1.82) is 0 Å². The summed E-state index contributed by atoms with van der Waals surface area (Å²) in [6.45, 7) is 0.381. The van der Waals surface area contributed by atoms with Crippen LogP contribution in [-0.2, 0) is 10.0 Å². The van der Waals surface area contributed by atoms with E-state index in [1.54, 1.807) is 0 Å². The molecule has 96 valence electrons. The zero-order valence-corrected chi connectivity index (χ0v) is 11.7. The largest absolute Gasteiger partial charge is 0.240 e. The van der Waals surface area contributed by atoms with Gasteiger partial charge in [0.15, 0.2) is 0 Å². The Morgan fingerprint density at radius 2 is 2.00 bits per heavy atom. The Morgan fingerprint density at radius 1 is 1.24 bits per heavy atom. The van der Waals surface area contributed by atoms with E-state index in [9.17, 15) is 12.8 Å². The Labute approximate surface area is 110 Å². The molecule has 0 atom stereocenters. The normalized spacial score (nSPS) is 11.6. The summed E-state index contributed by atoms with van der Waals surface area (Å²) in [5, 5.41) is 0.920. The van der Waals surface area contributed by atoms with Gasteiger partial charge < -0.3 is 0 Å². The summed E-state index contributed by atoms with van der Waals surface area (Å²) in [6.07, 6.45) is 2.75. The van der Waals surface area contributed by atoms with Gasteiger partial charge in [-0.25, -0.2) is 17.5 Å². The molecule has 0 saturated heterocycles. The molecular formula is C11H15BrFNO2S. The molecular weight excluding hydrogens is 309 g/mol. The second-order valence-electron chi connectivity index (χ2n) is 3.60. The van der Waals surface area contributed by atoms with Gasteiger partial charge in [-0.05, 0) is 31.0 Å². The fourth-order valence-electron chi connectivity index (χ4n) is 1.32. The van der Waals surface area contributed by atoms with E-state index in [1.165, 1.54) is 18.2 Å².